The van der Waals surface area contributed by atoms with Crippen LogP contribution in [0.25, 0.3) is 0 Å². The summed E-state index contributed by atoms with van der Waals surface area (Å²) < 4.78 is 6.20. The molecular weight excluding hydrogens is 224 g/mol. The normalized spacial score (nSPS) is 34.1. The molecule has 2 aliphatic rings. The van der Waals surface area contributed by atoms with Crippen LogP contribution in [0, 0.1) is 18.8 Å². The van der Waals surface area contributed by atoms with Gasteiger partial charge < -0.3 is 9.84 Å². The van der Waals surface area contributed by atoms with Gasteiger partial charge in [0.05, 0.1) is 6.10 Å². The Balaban J connectivity index is 1.83. The molecule has 1 aromatic carbocycles. The van der Waals surface area contributed by atoms with Crippen molar-refractivity contribution in [3.63, 3.8) is 0 Å². The molecule has 0 saturated heterocycles. The lowest BCUT2D eigenvalue weighted by Crippen LogP contribution is -2.53. The number of hydrogen-bond donors (Lipinski definition) is 1. The van der Waals surface area contributed by atoms with Gasteiger partial charge in [-0.05, 0) is 43.7 Å². The van der Waals surface area contributed by atoms with Crippen LogP contribution in [0.3, 0.4) is 0 Å². The smallest absolute Gasteiger partial charge is 0.125 e. The number of fused-ring (bicyclic) bond motifs is 1. The van der Waals surface area contributed by atoms with Crippen LogP contribution >= 0.6 is 0 Å². The Hall–Kier alpha value is -1.02. The van der Waals surface area contributed by atoms with Gasteiger partial charge in [0, 0.05) is 12.0 Å². The third-order valence-corrected chi connectivity index (χ3v) is 4.63. The van der Waals surface area contributed by atoms with E-state index in [1.54, 1.807) is 0 Å². The number of aliphatic hydroxyl groups excluding tert-OH is 1. The molecule has 1 aliphatic carbocycles. The molecule has 1 aliphatic heterocycles. The second-order valence-electron chi connectivity index (χ2n) is 6.46. The van der Waals surface area contributed by atoms with Gasteiger partial charge in [0.25, 0.3) is 0 Å². The van der Waals surface area contributed by atoms with E-state index >= 15 is 0 Å². The van der Waals surface area contributed by atoms with Crippen LogP contribution < -0.4 is 4.74 Å². The lowest BCUT2D eigenvalue weighted by molar-refractivity contribution is -0.108. The fourth-order valence-corrected chi connectivity index (χ4v) is 3.38. The lowest BCUT2D eigenvalue weighted by atomic mass is 9.63. The van der Waals surface area contributed by atoms with Gasteiger partial charge in [0.15, 0.2) is 0 Å². The fraction of sp³-hybridized carbons (Fsp3) is 0.625. The minimum absolute atomic E-state index is 0.0867. The monoisotopic (exact) mass is 246 g/mol. The third-order valence-electron chi connectivity index (χ3n) is 4.63. The predicted molar refractivity (Wildman–Crippen MR) is 71.7 cm³/mol. The molecular formula is C16H22O2. The van der Waals surface area contributed by atoms with Crippen LogP contribution in [0.4, 0.5) is 0 Å². The molecule has 0 radical (unpaired) electrons. The molecule has 1 saturated carbocycles. The summed E-state index contributed by atoms with van der Waals surface area (Å²) in [5, 5.41) is 10.3. The fourth-order valence-electron chi connectivity index (χ4n) is 3.38. The number of aliphatic hydroxyl groups is 1. The Morgan fingerprint density at radius 2 is 2.00 bits per heavy atom. The Kier molecular flexibility index (Phi) is 2.67. The average Bonchev–Trinajstić information content (AvgIpc) is 2.26. The highest BCUT2D eigenvalue weighted by Crippen LogP contribution is 2.53. The number of ether oxygens (including phenoxy) is 1. The van der Waals surface area contributed by atoms with E-state index in [1.165, 1.54) is 5.56 Å². The number of hydrogen-bond acceptors (Lipinski definition) is 2. The Morgan fingerprint density at radius 1 is 1.28 bits per heavy atom. The zero-order valence-electron chi connectivity index (χ0n) is 11.4. The van der Waals surface area contributed by atoms with Crippen molar-refractivity contribution < 1.29 is 9.84 Å². The highest BCUT2D eigenvalue weighted by atomic mass is 16.5. The second kappa shape index (κ2) is 3.99. The van der Waals surface area contributed by atoms with Crippen LogP contribution in [0.2, 0.25) is 0 Å². The van der Waals surface area contributed by atoms with Crippen molar-refractivity contribution in [1.29, 1.82) is 0 Å². The zero-order valence-corrected chi connectivity index (χ0v) is 11.4. The molecule has 1 fully saturated rings. The Labute approximate surface area is 109 Å². The summed E-state index contributed by atoms with van der Waals surface area (Å²) in [6.07, 6.45) is 2.58. The van der Waals surface area contributed by atoms with Crippen LogP contribution in [0.5, 0.6) is 5.75 Å². The van der Waals surface area contributed by atoms with Crippen molar-refractivity contribution in [3.8, 4) is 5.75 Å². The maximum absolute atomic E-state index is 10.3. The van der Waals surface area contributed by atoms with Gasteiger partial charge in [0.2, 0.25) is 0 Å². The van der Waals surface area contributed by atoms with Gasteiger partial charge in [-0.1, -0.05) is 25.5 Å². The van der Waals surface area contributed by atoms with Gasteiger partial charge in [-0.3, -0.25) is 0 Å². The van der Waals surface area contributed by atoms with Crippen molar-refractivity contribution in [2.75, 3.05) is 0 Å². The van der Waals surface area contributed by atoms with Crippen LogP contribution in [-0.4, -0.2) is 10.7 Å². The molecule has 0 aromatic heterocycles. The minimum atomic E-state index is -0.359. The van der Waals surface area contributed by atoms with E-state index in [1.807, 2.05) is 12.1 Å². The van der Waals surface area contributed by atoms with Crippen molar-refractivity contribution in [1.82, 2.24) is 0 Å². The highest BCUT2D eigenvalue weighted by molar-refractivity contribution is 5.41. The van der Waals surface area contributed by atoms with Crippen molar-refractivity contribution in [2.24, 2.45) is 11.8 Å². The average molecular weight is 246 g/mol. The van der Waals surface area contributed by atoms with Gasteiger partial charge in [-0.25, -0.2) is 0 Å². The summed E-state index contributed by atoms with van der Waals surface area (Å²) in [6.45, 7) is 6.59. The van der Waals surface area contributed by atoms with E-state index in [2.05, 4.69) is 26.8 Å². The molecule has 1 N–H and O–H groups in total. The maximum Gasteiger partial charge on any atom is 0.125 e. The van der Waals surface area contributed by atoms with Crippen molar-refractivity contribution in [3.05, 3.63) is 29.3 Å². The van der Waals surface area contributed by atoms with Crippen LogP contribution in [-0.2, 0) is 0 Å². The molecule has 1 heterocycles. The molecule has 2 heteroatoms. The Morgan fingerprint density at radius 3 is 2.67 bits per heavy atom. The van der Waals surface area contributed by atoms with Crippen molar-refractivity contribution >= 4 is 0 Å². The quantitative estimate of drug-likeness (QED) is 0.820. The molecule has 98 valence electrons. The first-order chi connectivity index (χ1) is 8.49. The molecule has 0 amide bonds. The van der Waals surface area contributed by atoms with E-state index in [9.17, 15) is 5.11 Å². The lowest BCUT2D eigenvalue weighted by Gasteiger charge is -2.52. The molecule has 0 bridgehead atoms. The van der Waals surface area contributed by atoms with E-state index < -0.39 is 0 Å². The zero-order chi connectivity index (χ0) is 12.9. The van der Waals surface area contributed by atoms with E-state index in [4.69, 9.17) is 4.74 Å². The molecule has 0 unspecified atom stereocenters. The SMILES string of the molecule is Cc1ccc2c(c1)[C@@H](O)CC1(CC(C(C)C)C1)O2. The number of benzene rings is 1. The first-order valence-electron chi connectivity index (χ1n) is 6.97. The van der Waals surface area contributed by atoms with Gasteiger partial charge in [-0.15, -0.1) is 0 Å². The summed E-state index contributed by atoms with van der Waals surface area (Å²) in [6, 6.07) is 6.12. The molecule has 3 rings (SSSR count). The summed E-state index contributed by atoms with van der Waals surface area (Å²) in [5.41, 5.74) is 2.06. The first-order valence-corrected chi connectivity index (χ1v) is 6.97. The standard InChI is InChI=1S/C16H22O2/c1-10(2)12-7-16(8-12)9-14(17)13-6-11(3)4-5-15(13)18-16/h4-6,10,12,14,17H,7-9H2,1-3H3/t12?,14-,16?/m0/s1. The van der Waals surface area contributed by atoms with Gasteiger partial charge >= 0.3 is 0 Å². The summed E-state index contributed by atoms with van der Waals surface area (Å²) in [5.74, 6) is 2.36. The number of rotatable bonds is 1. The number of aryl methyl sites for hydroxylation is 1. The summed E-state index contributed by atoms with van der Waals surface area (Å²) in [4.78, 5) is 0. The van der Waals surface area contributed by atoms with Gasteiger partial charge in [0.1, 0.15) is 11.4 Å². The maximum atomic E-state index is 10.3. The molecule has 1 aromatic rings. The molecule has 18 heavy (non-hydrogen) atoms. The topological polar surface area (TPSA) is 29.5 Å². The second-order valence-corrected chi connectivity index (χ2v) is 6.46. The molecule has 2 nitrogen and oxygen atoms in total. The summed E-state index contributed by atoms with van der Waals surface area (Å²) in [7, 11) is 0. The minimum Gasteiger partial charge on any atom is -0.487 e. The summed E-state index contributed by atoms with van der Waals surface area (Å²) >= 11 is 0. The van der Waals surface area contributed by atoms with Crippen LogP contribution in [0.15, 0.2) is 18.2 Å². The van der Waals surface area contributed by atoms with E-state index in [-0.39, 0.29) is 11.7 Å². The van der Waals surface area contributed by atoms with E-state index in [0.29, 0.717) is 0 Å². The Bertz CT molecular complexity index is 458. The van der Waals surface area contributed by atoms with Crippen molar-refractivity contribution in [2.45, 2.75) is 51.7 Å². The molecule has 1 atom stereocenters. The van der Waals surface area contributed by atoms with E-state index in [0.717, 1.165) is 42.4 Å². The first kappa shape index (κ1) is 12.0. The van der Waals surface area contributed by atoms with Crippen LogP contribution in [0.1, 0.15) is 50.3 Å². The third kappa shape index (κ3) is 1.83. The van der Waals surface area contributed by atoms with Gasteiger partial charge in [-0.2, -0.15) is 0 Å². The molecule has 1 spiro atoms. The largest absolute Gasteiger partial charge is 0.487 e. The highest BCUT2D eigenvalue weighted by Gasteiger charge is 2.51. The predicted octanol–water partition coefficient (Wildman–Crippen LogP) is 3.62.